The number of nitrogens with zero attached hydrogens (tertiary/aromatic N) is 2. The maximum absolute atomic E-state index is 13.0. The average Bonchev–Trinajstić information content (AvgIpc) is 3.17. The smallest absolute Gasteiger partial charge is 0.255 e. The molecule has 1 aromatic rings. The van der Waals surface area contributed by atoms with E-state index in [1.54, 1.807) is 11.0 Å². The van der Waals surface area contributed by atoms with Crippen LogP contribution in [0.2, 0.25) is 0 Å². The zero-order chi connectivity index (χ0) is 25.9. The number of hydrogen-bond acceptors (Lipinski definition) is 6. The summed E-state index contributed by atoms with van der Waals surface area (Å²) >= 11 is 0. The van der Waals surface area contributed by atoms with Crippen molar-refractivity contribution < 1.29 is 32.6 Å². The Morgan fingerprint density at radius 1 is 1.03 bits per heavy atom. The zero-order valence-corrected chi connectivity index (χ0v) is 21.0. The summed E-state index contributed by atoms with van der Waals surface area (Å²) in [6.07, 6.45) is 4.81. The fourth-order valence-electron chi connectivity index (χ4n) is 6.05. The minimum Gasteiger partial charge on any atom is -0.489 e. The summed E-state index contributed by atoms with van der Waals surface area (Å²) in [6, 6.07) is 5.08. The monoisotopic (exact) mass is 519 g/mol. The first-order chi connectivity index (χ1) is 18.0. The highest BCUT2D eigenvalue weighted by Gasteiger charge is 2.41. The molecular weight excluding hydrogens is 484 g/mol. The Morgan fingerprint density at radius 3 is 2.51 bits per heavy atom. The zero-order valence-electron chi connectivity index (χ0n) is 21.0. The van der Waals surface area contributed by atoms with E-state index in [0.29, 0.717) is 24.3 Å². The first-order valence-electron chi connectivity index (χ1n) is 13.4. The number of rotatable bonds is 10. The molecule has 3 heterocycles. The van der Waals surface area contributed by atoms with Gasteiger partial charge in [-0.2, -0.15) is 0 Å². The van der Waals surface area contributed by atoms with E-state index in [9.17, 15) is 23.2 Å². The second kappa shape index (κ2) is 11.4. The highest BCUT2D eigenvalue weighted by molar-refractivity contribution is 6.05. The topological polar surface area (TPSA) is 88.2 Å². The summed E-state index contributed by atoms with van der Waals surface area (Å²) in [7, 11) is 0. The van der Waals surface area contributed by atoms with Crippen molar-refractivity contribution in [3.8, 4) is 5.75 Å². The molecule has 3 fully saturated rings. The third-order valence-electron chi connectivity index (χ3n) is 8.04. The molecule has 3 amide bonds. The molecule has 4 aliphatic rings. The first-order valence-corrected chi connectivity index (χ1v) is 13.4. The third-order valence-corrected chi connectivity index (χ3v) is 8.04. The Kier molecular flexibility index (Phi) is 8.04. The van der Waals surface area contributed by atoms with Crippen molar-refractivity contribution in [3.63, 3.8) is 0 Å². The summed E-state index contributed by atoms with van der Waals surface area (Å²) < 4.78 is 37.9. The predicted molar refractivity (Wildman–Crippen MR) is 131 cm³/mol. The highest BCUT2D eigenvalue weighted by atomic mass is 19.1. The molecule has 1 N–H and O–H groups in total. The van der Waals surface area contributed by atoms with Crippen LogP contribution in [0.1, 0.15) is 67.3 Å². The van der Waals surface area contributed by atoms with Crippen molar-refractivity contribution in [3.05, 3.63) is 29.3 Å². The number of carbonyl (C=O) groups excluding carboxylic acids is 3. The molecule has 0 aromatic heterocycles. The van der Waals surface area contributed by atoms with E-state index in [1.807, 2.05) is 12.1 Å². The first kappa shape index (κ1) is 26.0. The second-order valence-electron chi connectivity index (χ2n) is 10.5. The van der Waals surface area contributed by atoms with Gasteiger partial charge < -0.3 is 14.4 Å². The van der Waals surface area contributed by atoms with Gasteiger partial charge >= 0.3 is 0 Å². The van der Waals surface area contributed by atoms with Gasteiger partial charge in [-0.3, -0.25) is 33.4 Å². The van der Waals surface area contributed by atoms with Crippen LogP contribution in [0.3, 0.4) is 0 Å². The number of ether oxygens (including phenoxy) is 2. The number of alkyl halides is 2. The second-order valence-corrected chi connectivity index (χ2v) is 10.5. The van der Waals surface area contributed by atoms with Gasteiger partial charge in [-0.05, 0) is 49.4 Å². The van der Waals surface area contributed by atoms with Gasteiger partial charge in [0.2, 0.25) is 11.8 Å². The molecule has 3 aliphatic heterocycles. The largest absolute Gasteiger partial charge is 0.489 e. The number of benzene rings is 1. The number of likely N-dealkylation sites (tertiary alicyclic amines) is 1. The summed E-state index contributed by atoms with van der Waals surface area (Å²) in [4.78, 5) is 40.6. The van der Waals surface area contributed by atoms with Gasteiger partial charge in [-0.1, -0.05) is 6.42 Å². The third kappa shape index (κ3) is 5.65. The van der Waals surface area contributed by atoms with Crippen LogP contribution in [0, 0.1) is 0 Å². The molecule has 3 atom stereocenters. The lowest BCUT2D eigenvalue weighted by atomic mass is 9.89. The maximum Gasteiger partial charge on any atom is 0.255 e. The number of halogens is 2. The minimum atomic E-state index is -0.638. The van der Waals surface area contributed by atoms with Crippen molar-refractivity contribution in [2.45, 2.75) is 88.3 Å². The molecule has 0 bridgehead atoms. The van der Waals surface area contributed by atoms with Crippen LogP contribution >= 0.6 is 0 Å². The van der Waals surface area contributed by atoms with E-state index in [0.717, 1.165) is 44.3 Å². The fourth-order valence-corrected chi connectivity index (χ4v) is 6.05. The van der Waals surface area contributed by atoms with Crippen LogP contribution in [0.4, 0.5) is 8.78 Å². The summed E-state index contributed by atoms with van der Waals surface area (Å²) in [6.45, 7) is 0.781. The van der Waals surface area contributed by atoms with Crippen LogP contribution in [-0.2, 0) is 20.9 Å². The summed E-state index contributed by atoms with van der Waals surface area (Å²) in [5.41, 5.74) is 1.39. The van der Waals surface area contributed by atoms with Crippen molar-refractivity contribution in [1.29, 1.82) is 0 Å². The van der Waals surface area contributed by atoms with Gasteiger partial charge in [0.15, 0.2) is 0 Å². The highest BCUT2D eigenvalue weighted by Crippen LogP contribution is 2.34. The molecule has 1 aliphatic carbocycles. The Morgan fingerprint density at radius 2 is 1.78 bits per heavy atom. The van der Waals surface area contributed by atoms with E-state index in [2.05, 4.69) is 10.2 Å². The van der Waals surface area contributed by atoms with Gasteiger partial charge in [0.05, 0.1) is 25.6 Å². The SMILES string of the molecule is O=C1CCC(N2Cc3cc(O[C@H]4CCCC[C@H]4N4CC(OC(CCF)CCF)C4)ccc3C2=O)C(=O)N1. The number of nitrogens with one attached hydrogen (secondary N) is 1. The number of carbonyl (C=O) groups is 3. The van der Waals surface area contributed by atoms with Crippen LogP contribution in [0.15, 0.2) is 18.2 Å². The van der Waals surface area contributed by atoms with Crippen molar-refractivity contribution >= 4 is 17.7 Å². The van der Waals surface area contributed by atoms with Crippen LogP contribution < -0.4 is 10.1 Å². The number of amides is 3. The molecule has 37 heavy (non-hydrogen) atoms. The van der Waals surface area contributed by atoms with Crippen LogP contribution in [-0.4, -0.2) is 84.4 Å². The molecule has 0 spiro atoms. The van der Waals surface area contributed by atoms with Crippen LogP contribution in [0.25, 0.3) is 0 Å². The van der Waals surface area contributed by atoms with E-state index < -0.39 is 25.3 Å². The summed E-state index contributed by atoms with van der Waals surface area (Å²) in [5, 5.41) is 2.33. The van der Waals surface area contributed by atoms with Crippen molar-refractivity contribution in [2.75, 3.05) is 26.4 Å². The van der Waals surface area contributed by atoms with E-state index in [-0.39, 0.29) is 55.4 Å². The van der Waals surface area contributed by atoms with Gasteiger partial charge in [-0.15, -0.1) is 0 Å². The van der Waals surface area contributed by atoms with Gasteiger partial charge in [-0.25, -0.2) is 0 Å². The van der Waals surface area contributed by atoms with Gasteiger partial charge in [0.1, 0.15) is 17.9 Å². The Bertz CT molecular complexity index is 1010. The quantitative estimate of drug-likeness (QED) is 0.479. The molecule has 2 saturated heterocycles. The minimum absolute atomic E-state index is 0.00331. The lowest BCUT2D eigenvalue weighted by Crippen LogP contribution is -2.61. The standard InChI is InChI=1S/C27H35F2N3O5/c28-11-9-18(10-12-29)36-20-15-31(16-20)22-3-1-2-4-24(22)37-19-5-6-21-17(13-19)14-32(27(21)35)23-7-8-25(33)30-26(23)34/h5-6,13,18,20,22-24H,1-4,7-12,14-16H2,(H,30,33,34)/t22-,23?,24+/m1/s1. The molecular formula is C27H35F2N3O5. The molecule has 1 unspecified atom stereocenters. The number of piperidine rings is 1. The average molecular weight is 520 g/mol. The molecule has 1 aromatic carbocycles. The maximum atomic E-state index is 13.0. The molecule has 8 nitrogen and oxygen atoms in total. The molecule has 202 valence electrons. The van der Waals surface area contributed by atoms with Gasteiger partial charge in [0.25, 0.3) is 5.91 Å². The molecule has 10 heteroatoms. The molecule has 5 rings (SSSR count). The summed E-state index contributed by atoms with van der Waals surface area (Å²) in [5.74, 6) is -0.219. The Balaban J connectivity index is 1.19. The fraction of sp³-hybridized carbons (Fsp3) is 0.667. The number of hydrogen-bond donors (Lipinski definition) is 1. The Labute approximate surface area is 215 Å². The van der Waals surface area contributed by atoms with Crippen LogP contribution in [0.5, 0.6) is 5.75 Å². The predicted octanol–water partition coefficient (Wildman–Crippen LogP) is 2.93. The number of imide groups is 1. The van der Waals surface area contributed by atoms with E-state index in [1.165, 1.54) is 0 Å². The molecule has 0 radical (unpaired) electrons. The lowest BCUT2D eigenvalue weighted by Gasteiger charge is -2.48. The van der Waals surface area contributed by atoms with Crippen molar-refractivity contribution in [1.82, 2.24) is 15.1 Å². The normalized spacial score (nSPS) is 26.8. The van der Waals surface area contributed by atoms with E-state index in [4.69, 9.17) is 9.47 Å². The van der Waals surface area contributed by atoms with Crippen molar-refractivity contribution in [2.24, 2.45) is 0 Å². The van der Waals surface area contributed by atoms with E-state index >= 15 is 0 Å². The Hall–Kier alpha value is -2.59. The molecule has 1 saturated carbocycles. The van der Waals surface area contributed by atoms with Gasteiger partial charge in [0, 0.05) is 50.5 Å². The lowest BCUT2D eigenvalue weighted by molar-refractivity contribution is -0.136. The number of fused-ring (bicyclic) bond motifs is 1.